The van der Waals surface area contributed by atoms with Gasteiger partial charge in [-0.25, -0.2) is 0 Å². The first kappa shape index (κ1) is 12.6. The van der Waals surface area contributed by atoms with Crippen LogP contribution in [0, 0.1) is 0 Å². The summed E-state index contributed by atoms with van der Waals surface area (Å²) in [5.41, 5.74) is 7.11. The first-order chi connectivity index (χ1) is 8.26. The van der Waals surface area contributed by atoms with E-state index in [0.29, 0.717) is 6.54 Å². The molecule has 0 spiro atoms. The van der Waals surface area contributed by atoms with Gasteiger partial charge >= 0.3 is 0 Å². The molecule has 1 aliphatic carbocycles. The fraction of sp³-hybridized carbons (Fsp3) is 0.600. The van der Waals surface area contributed by atoms with Gasteiger partial charge in [-0.1, -0.05) is 49.6 Å². The fourth-order valence-corrected chi connectivity index (χ4v) is 2.73. The average Bonchev–Trinajstić information content (AvgIpc) is 2.41. The van der Waals surface area contributed by atoms with E-state index in [9.17, 15) is 0 Å². The summed E-state index contributed by atoms with van der Waals surface area (Å²) in [4.78, 5) is 0. The van der Waals surface area contributed by atoms with Gasteiger partial charge in [-0.2, -0.15) is 0 Å². The minimum atomic E-state index is -0.0759. The molecular weight excluding hydrogens is 210 g/mol. The van der Waals surface area contributed by atoms with E-state index in [1.54, 1.807) is 0 Å². The van der Waals surface area contributed by atoms with E-state index in [1.165, 1.54) is 24.8 Å². The van der Waals surface area contributed by atoms with Crippen LogP contribution in [0.2, 0.25) is 0 Å². The summed E-state index contributed by atoms with van der Waals surface area (Å²) in [7, 11) is 0. The first-order valence-electron chi connectivity index (χ1n) is 6.69. The van der Waals surface area contributed by atoms with Crippen LogP contribution in [0.5, 0.6) is 0 Å². The number of benzene rings is 1. The lowest BCUT2D eigenvalue weighted by Gasteiger charge is -2.38. The van der Waals surface area contributed by atoms with Crippen molar-refractivity contribution in [3.05, 3.63) is 35.9 Å². The van der Waals surface area contributed by atoms with Crippen molar-refractivity contribution in [3.8, 4) is 0 Å². The second-order valence-electron chi connectivity index (χ2n) is 5.12. The van der Waals surface area contributed by atoms with Crippen molar-refractivity contribution in [3.63, 3.8) is 0 Å². The Bertz CT molecular complexity index is 330. The molecule has 0 bridgehead atoms. The largest absolute Gasteiger partial charge is 0.366 e. The summed E-state index contributed by atoms with van der Waals surface area (Å²) in [6.45, 7) is 2.77. The third-order valence-electron chi connectivity index (χ3n) is 3.83. The van der Waals surface area contributed by atoms with Gasteiger partial charge in [0, 0.05) is 6.54 Å². The van der Waals surface area contributed by atoms with E-state index in [2.05, 4.69) is 31.2 Å². The Labute approximate surface area is 104 Å². The highest BCUT2D eigenvalue weighted by molar-refractivity contribution is 5.17. The van der Waals surface area contributed by atoms with Gasteiger partial charge in [0.2, 0.25) is 0 Å². The molecule has 2 heteroatoms. The van der Waals surface area contributed by atoms with Crippen LogP contribution in [0.4, 0.5) is 0 Å². The van der Waals surface area contributed by atoms with E-state index in [4.69, 9.17) is 10.5 Å². The summed E-state index contributed by atoms with van der Waals surface area (Å²) in [6.07, 6.45) is 6.18. The van der Waals surface area contributed by atoms with Gasteiger partial charge in [0.1, 0.15) is 0 Å². The molecule has 1 aromatic carbocycles. The van der Waals surface area contributed by atoms with E-state index >= 15 is 0 Å². The van der Waals surface area contributed by atoms with Crippen LogP contribution < -0.4 is 5.73 Å². The second kappa shape index (κ2) is 5.65. The van der Waals surface area contributed by atoms with Crippen molar-refractivity contribution in [1.29, 1.82) is 0 Å². The van der Waals surface area contributed by atoms with Crippen molar-refractivity contribution in [2.75, 3.05) is 6.54 Å². The van der Waals surface area contributed by atoms with Crippen LogP contribution in [-0.4, -0.2) is 12.1 Å². The Morgan fingerprint density at radius 1 is 1.18 bits per heavy atom. The summed E-state index contributed by atoms with van der Waals surface area (Å²) < 4.78 is 6.29. The van der Waals surface area contributed by atoms with Gasteiger partial charge in [0.25, 0.3) is 0 Å². The number of hydrogen-bond donors (Lipinski definition) is 1. The van der Waals surface area contributed by atoms with Gasteiger partial charge in [-0.3, -0.25) is 0 Å². The number of ether oxygens (including phenoxy) is 1. The normalized spacial score (nSPS) is 21.1. The highest BCUT2D eigenvalue weighted by Gasteiger charge is 2.33. The predicted molar refractivity (Wildman–Crippen MR) is 70.8 cm³/mol. The third kappa shape index (κ3) is 3.08. The van der Waals surface area contributed by atoms with E-state index < -0.39 is 0 Å². The van der Waals surface area contributed by atoms with Gasteiger partial charge in [0.15, 0.2) is 0 Å². The summed E-state index contributed by atoms with van der Waals surface area (Å²) in [6, 6.07) is 10.4. The lowest BCUT2D eigenvalue weighted by atomic mass is 9.84. The third-order valence-corrected chi connectivity index (χ3v) is 3.83. The predicted octanol–water partition coefficient (Wildman–Crippen LogP) is 3.43. The molecule has 94 valence electrons. The quantitative estimate of drug-likeness (QED) is 0.864. The molecule has 0 radical (unpaired) electrons. The highest BCUT2D eigenvalue weighted by Crippen LogP contribution is 2.35. The van der Waals surface area contributed by atoms with Crippen LogP contribution >= 0.6 is 0 Å². The molecule has 17 heavy (non-hydrogen) atoms. The zero-order valence-corrected chi connectivity index (χ0v) is 10.7. The minimum absolute atomic E-state index is 0.0759. The highest BCUT2D eigenvalue weighted by atomic mass is 16.5. The molecule has 1 fully saturated rings. The van der Waals surface area contributed by atoms with Crippen molar-refractivity contribution in [2.45, 2.75) is 50.7 Å². The molecule has 1 aliphatic rings. The van der Waals surface area contributed by atoms with Crippen LogP contribution in [0.3, 0.4) is 0 Å². The van der Waals surface area contributed by atoms with Gasteiger partial charge in [0.05, 0.1) is 11.7 Å². The van der Waals surface area contributed by atoms with E-state index in [-0.39, 0.29) is 11.7 Å². The molecule has 0 aromatic heterocycles. The zero-order chi connectivity index (χ0) is 12.1. The van der Waals surface area contributed by atoms with Crippen LogP contribution in [0.25, 0.3) is 0 Å². The van der Waals surface area contributed by atoms with E-state index in [0.717, 1.165) is 12.8 Å². The molecule has 1 aromatic rings. The topological polar surface area (TPSA) is 35.2 Å². The van der Waals surface area contributed by atoms with Crippen molar-refractivity contribution >= 4 is 0 Å². The lowest BCUT2D eigenvalue weighted by molar-refractivity contribution is -0.103. The molecule has 2 nitrogen and oxygen atoms in total. The molecule has 1 atom stereocenters. The smallest absolute Gasteiger partial charge is 0.0812 e. The van der Waals surface area contributed by atoms with Gasteiger partial charge in [-0.05, 0) is 25.3 Å². The maximum absolute atomic E-state index is 6.29. The Hall–Kier alpha value is -0.860. The minimum Gasteiger partial charge on any atom is -0.366 e. The number of nitrogens with two attached hydrogens (primary N) is 1. The van der Waals surface area contributed by atoms with Crippen molar-refractivity contribution in [2.24, 2.45) is 5.73 Å². The standard InChI is InChI=1S/C15H23NO/c1-13(14-8-4-2-5-9-14)17-15(12-16)10-6-3-7-11-15/h2,4-5,8-9,13H,3,6-7,10-12,16H2,1H3. The Morgan fingerprint density at radius 2 is 1.82 bits per heavy atom. The van der Waals surface area contributed by atoms with Crippen LogP contribution in [0.15, 0.2) is 30.3 Å². The first-order valence-corrected chi connectivity index (χ1v) is 6.69. The molecule has 0 amide bonds. The molecule has 2 rings (SSSR count). The average molecular weight is 233 g/mol. The molecule has 1 saturated carbocycles. The SMILES string of the molecule is CC(OC1(CN)CCCCC1)c1ccccc1. The number of rotatable bonds is 4. The summed E-state index contributed by atoms with van der Waals surface area (Å²) >= 11 is 0. The second-order valence-corrected chi connectivity index (χ2v) is 5.12. The monoisotopic (exact) mass is 233 g/mol. The number of hydrogen-bond acceptors (Lipinski definition) is 2. The zero-order valence-electron chi connectivity index (χ0n) is 10.7. The van der Waals surface area contributed by atoms with E-state index in [1.807, 2.05) is 6.07 Å². The Kier molecular flexibility index (Phi) is 4.19. The Morgan fingerprint density at radius 3 is 2.41 bits per heavy atom. The molecule has 1 unspecified atom stereocenters. The maximum atomic E-state index is 6.29. The Balaban J connectivity index is 2.03. The molecule has 0 heterocycles. The van der Waals surface area contributed by atoms with Gasteiger partial charge < -0.3 is 10.5 Å². The molecule has 0 aliphatic heterocycles. The lowest BCUT2D eigenvalue weighted by Crippen LogP contribution is -2.43. The van der Waals surface area contributed by atoms with Gasteiger partial charge in [-0.15, -0.1) is 0 Å². The molecule has 2 N–H and O–H groups in total. The van der Waals surface area contributed by atoms with Crippen LogP contribution in [-0.2, 0) is 4.74 Å². The summed E-state index contributed by atoms with van der Waals surface area (Å²) in [5, 5.41) is 0. The maximum Gasteiger partial charge on any atom is 0.0812 e. The molecular formula is C15H23NO. The van der Waals surface area contributed by atoms with Crippen molar-refractivity contribution in [1.82, 2.24) is 0 Å². The fourth-order valence-electron chi connectivity index (χ4n) is 2.73. The summed E-state index contributed by atoms with van der Waals surface area (Å²) in [5.74, 6) is 0. The van der Waals surface area contributed by atoms with Crippen LogP contribution in [0.1, 0.15) is 50.7 Å². The van der Waals surface area contributed by atoms with Crippen molar-refractivity contribution < 1.29 is 4.74 Å². The molecule has 0 saturated heterocycles.